The number of benzene rings is 1. The molecule has 24 heavy (non-hydrogen) atoms. The molecule has 3 amide bonds. The van der Waals surface area contributed by atoms with Crippen molar-refractivity contribution in [1.82, 2.24) is 15.1 Å². The maximum absolute atomic E-state index is 12.7. The molecule has 2 fully saturated rings. The molecule has 130 valence electrons. The average Bonchev–Trinajstić information content (AvgIpc) is 3.00. The summed E-state index contributed by atoms with van der Waals surface area (Å²) >= 11 is 0. The van der Waals surface area contributed by atoms with Crippen LogP contribution in [0.15, 0.2) is 30.3 Å². The Bertz CT molecular complexity index is 575. The number of carbonyl (C=O) groups is 2. The highest BCUT2D eigenvalue weighted by Gasteiger charge is 2.27. The van der Waals surface area contributed by atoms with Crippen molar-refractivity contribution in [2.24, 2.45) is 5.92 Å². The molecule has 5 nitrogen and oxygen atoms in total. The van der Waals surface area contributed by atoms with Crippen molar-refractivity contribution in [3.8, 4) is 0 Å². The topological polar surface area (TPSA) is 52.7 Å². The number of rotatable bonds is 4. The predicted octanol–water partition coefficient (Wildman–Crippen LogP) is 2.79. The summed E-state index contributed by atoms with van der Waals surface area (Å²) in [5.41, 5.74) is 1.05. The molecule has 1 N–H and O–H groups in total. The maximum Gasteiger partial charge on any atom is 0.317 e. The number of likely N-dealkylation sites (tertiary alicyclic amines) is 2. The van der Waals surface area contributed by atoms with Gasteiger partial charge in [0.15, 0.2) is 0 Å². The van der Waals surface area contributed by atoms with Crippen LogP contribution in [0.1, 0.15) is 44.2 Å². The number of nitrogens with one attached hydrogen (secondary N) is 1. The molecule has 0 radical (unpaired) electrons. The Hall–Kier alpha value is -2.04. The molecule has 2 heterocycles. The standard InChI is InChI=1S/C19H27N3O2/c1-15-7-5-12-22(13-15)19(24)20-17(16-8-3-2-4-9-16)14-21-11-6-10-18(21)23/h2-4,8-9,15,17H,5-7,10-14H2,1H3,(H,20,24). The molecule has 2 aliphatic rings. The Morgan fingerprint density at radius 2 is 2.04 bits per heavy atom. The van der Waals surface area contributed by atoms with E-state index in [1.54, 1.807) is 0 Å². The van der Waals surface area contributed by atoms with Crippen molar-refractivity contribution >= 4 is 11.9 Å². The van der Waals surface area contributed by atoms with Gasteiger partial charge in [-0.1, -0.05) is 37.3 Å². The molecule has 2 saturated heterocycles. The van der Waals surface area contributed by atoms with Crippen LogP contribution in [0.3, 0.4) is 0 Å². The lowest BCUT2D eigenvalue weighted by Gasteiger charge is -2.33. The summed E-state index contributed by atoms with van der Waals surface area (Å²) in [6.45, 7) is 5.17. The maximum atomic E-state index is 12.7. The zero-order valence-electron chi connectivity index (χ0n) is 14.4. The van der Waals surface area contributed by atoms with Crippen LogP contribution in [0, 0.1) is 5.92 Å². The number of hydrogen-bond donors (Lipinski definition) is 1. The molecular formula is C19H27N3O2. The van der Waals surface area contributed by atoms with Crippen molar-refractivity contribution in [2.75, 3.05) is 26.2 Å². The molecule has 0 saturated carbocycles. The summed E-state index contributed by atoms with van der Waals surface area (Å²) in [4.78, 5) is 28.5. The Morgan fingerprint density at radius 1 is 1.25 bits per heavy atom. The van der Waals surface area contributed by atoms with Crippen molar-refractivity contribution in [2.45, 2.75) is 38.6 Å². The summed E-state index contributed by atoms with van der Waals surface area (Å²) in [5, 5.41) is 3.16. The number of nitrogens with zero attached hydrogens (tertiary/aromatic N) is 2. The summed E-state index contributed by atoms with van der Waals surface area (Å²) in [7, 11) is 0. The third kappa shape index (κ3) is 4.08. The summed E-state index contributed by atoms with van der Waals surface area (Å²) in [6, 6.07) is 9.79. The lowest BCUT2D eigenvalue weighted by Crippen LogP contribution is -2.48. The Kier molecular flexibility index (Phi) is 5.38. The van der Waals surface area contributed by atoms with Crippen LogP contribution in [-0.2, 0) is 4.79 Å². The van der Waals surface area contributed by atoms with Crippen molar-refractivity contribution in [1.29, 1.82) is 0 Å². The molecule has 0 aromatic heterocycles. The monoisotopic (exact) mass is 329 g/mol. The molecule has 2 aliphatic heterocycles. The molecule has 3 rings (SSSR count). The molecule has 1 aromatic rings. The third-order valence-corrected chi connectivity index (χ3v) is 5.02. The van der Waals surface area contributed by atoms with Crippen LogP contribution in [0.25, 0.3) is 0 Å². The zero-order chi connectivity index (χ0) is 16.9. The van der Waals surface area contributed by atoms with Crippen molar-refractivity contribution in [3.63, 3.8) is 0 Å². The SMILES string of the molecule is CC1CCCN(C(=O)NC(CN2CCCC2=O)c2ccccc2)C1. The molecular weight excluding hydrogens is 302 g/mol. The first-order valence-electron chi connectivity index (χ1n) is 9.01. The quantitative estimate of drug-likeness (QED) is 0.923. The van der Waals surface area contributed by atoms with Crippen LogP contribution >= 0.6 is 0 Å². The first-order chi connectivity index (χ1) is 11.6. The van der Waals surface area contributed by atoms with Crippen molar-refractivity contribution in [3.05, 3.63) is 35.9 Å². The van der Waals surface area contributed by atoms with Crippen LogP contribution in [0.5, 0.6) is 0 Å². The van der Waals surface area contributed by atoms with E-state index in [0.29, 0.717) is 18.9 Å². The summed E-state index contributed by atoms with van der Waals surface area (Å²) < 4.78 is 0. The first kappa shape index (κ1) is 16.8. The van der Waals surface area contributed by atoms with E-state index in [-0.39, 0.29) is 18.0 Å². The fourth-order valence-corrected chi connectivity index (χ4v) is 3.65. The highest BCUT2D eigenvalue weighted by atomic mass is 16.2. The van der Waals surface area contributed by atoms with Crippen LogP contribution in [0.4, 0.5) is 4.79 Å². The van der Waals surface area contributed by atoms with Gasteiger partial charge in [0, 0.05) is 32.6 Å². The van der Waals surface area contributed by atoms with Gasteiger partial charge in [-0.25, -0.2) is 4.79 Å². The van der Waals surface area contributed by atoms with Gasteiger partial charge in [0.25, 0.3) is 0 Å². The fourth-order valence-electron chi connectivity index (χ4n) is 3.65. The lowest BCUT2D eigenvalue weighted by atomic mass is 10.0. The first-order valence-corrected chi connectivity index (χ1v) is 9.01. The third-order valence-electron chi connectivity index (χ3n) is 5.02. The summed E-state index contributed by atoms with van der Waals surface area (Å²) in [6.07, 6.45) is 3.79. The second kappa shape index (κ2) is 7.69. The van der Waals surface area contributed by atoms with Crippen LogP contribution < -0.4 is 5.32 Å². The molecule has 0 spiro atoms. The van der Waals surface area contributed by atoms with Gasteiger partial charge in [0.1, 0.15) is 0 Å². The Balaban J connectivity index is 1.69. The van der Waals surface area contributed by atoms with E-state index in [9.17, 15) is 9.59 Å². The molecule has 2 unspecified atom stereocenters. The van der Waals surface area contributed by atoms with Crippen molar-refractivity contribution < 1.29 is 9.59 Å². The smallest absolute Gasteiger partial charge is 0.317 e. The lowest BCUT2D eigenvalue weighted by molar-refractivity contribution is -0.128. The molecule has 0 bridgehead atoms. The minimum Gasteiger partial charge on any atom is -0.340 e. The fraction of sp³-hybridized carbons (Fsp3) is 0.579. The van der Waals surface area contributed by atoms with Gasteiger partial charge in [0.2, 0.25) is 5.91 Å². The van der Waals surface area contributed by atoms with E-state index < -0.39 is 0 Å². The number of carbonyl (C=O) groups excluding carboxylic acids is 2. The van der Waals surface area contributed by atoms with Crippen LogP contribution in [0.2, 0.25) is 0 Å². The average molecular weight is 329 g/mol. The van der Waals surface area contributed by atoms with Gasteiger partial charge in [-0.15, -0.1) is 0 Å². The van der Waals surface area contributed by atoms with Gasteiger partial charge < -0.3 is 15.1 Å². The van der Waals surface area contributed by atoms with E-state index >= 15 is 0 Å². The predicted molar refractivity (Wildman–Crippen MR) is 93.5 cm³/mol. The number of piperidine rings is 1. The minimum absolute atomic E-state index is 0.0120. The van der Waals surface area contributed by atoms with Gasteiger partial charge in [-0.2, -0.15) is 0 Å². The highest BCUT2D eigenvalue weighted by molar-refractivity contribution is 5.78. The van der Waals surface area contributed by atoms with E-state index in [1.807, 2.05) is 40.1 Å². The van der Waals surface area contributed by atoms with Gasteiger partial charge in [0.05, 0.1) is 6.04 Å². The van der Waals surface area contributed by atoms with Crippen LogP contribution in [-0.4, -0.2) is 47.9 Å². The number of amides is 3. The Labute approximate surface area is 144 Å². The normalized spacial score (nSPS) is 22.5. The second-order valence-corrected chi connectivity index (χ2v) is 7.05. The molecule has 5 heteroatoms. The second-order valence-electron chi connectivity index (χ2n) is 7.05. The van der Waals surface area contributed by atoms with Gasteiger partial charge in [-0.05, 0) is 30.7 Å². The van der Waals surface area contributed by atoms with E-state index in [2.05, 4.69) is 12.2 Å². The molecule has 0 aliphatic carbocycles. The number of urea groups is 1. The summed E-state index contributed by atoms with van der Waals surface area (Å²) in [5.74, 6) is 0.747. The number of hydrogen-bond acceptors (Lipinski definition) is 2. The molecule has 2 atom stereocenters. The largest absolute Gasteiger partial charge is 0.340 e. The van der Waals surface area contributed by atoms with Gasteiger partial charge >= 0.3 is 6.03 Å². The molecule has 1 aromatic carbocycles. The van der Waals surface area contributed by atoms with E-state index in [4.69, 9.17) is 0 Å². The Morgan fingerprint density at radius 3 is 2.71 bits per heavy atom. The minimum atomic E-state index is -0.155. The van der Waals surface area contributed by atoms with E-state index in [1.165, 1.54) is 6.42 Å². The zero-order valence-corrected chi connectivity index (χ0v) is 14.4. The highest BCUT2D eigenvalue weighted by Crippen LogP contribution is 2.20. The van der Waals surface area contributed by atoms with E-state index in [0.717, 1.165) is 38.0 Å². The van der Waals surface area contributed by atoms with Gasteiger partial charge in [-0.3, -0.25) is 4.79 Å².